The lowest BCUT2D eigenvalue weighted by Crippen LogP contribution is -2.31. The number of ketones is 1. The maximum Gasteiger partial charge on any atom is 0.163 e. The predicted molar refractivity (Wildman–Crippen MR) is 73.4 cm³/mol. The molecule has 1 fully saturated rings. The van der Waals surface area contributed by atoms with E-state index in [0.717, 1.165) is 28.7 Å². The molecule has 1 heterocycles. The van der Waals surface area contributed by atoms with Crippen LogP contribution in [0.3, 0.4) is 0 Å². The number of piperidine rings is 1. The molecule has 1 aromatic carbocycles. The van der Waals surface area contributed by atoms with Gasteiger partial charge in [-0.3, -0.25) is 4.79 Å². The van der Waals surface area contributed by atoms with Crippen molar-refractivity contribution >= 4 is 21.7 Å². The summed E-state index contributed by atoms with van der Waals surface area (Å²) in [5, 5.41) is 3.36. The summed E-state index contributed by atoms with van der Waals surface area (Å²) in [6, 6.07) is 5.92. The summed E-state index contributed by atoms with van der Waals surface area (Å²) in [7, 11) is 0. The third kappa shape index (κ3) is 3.39. The Morgan fingerprint density at radius 2 is 2.35 bits per heavy atom. The van der Waals surface area contributed by atoms with Gasteiger partial charge in [-0.2, -0.15) is 0 Å². The molecule has 0 saturated carbocycles. The first-order valence-electron chi connectivity index (χ1n) is 6.17. The van der Waals surface area contributed by atoms with Crippen LogP contribution in [0.4, 0.5) is 0 Å². The highest BCUT2D eigenvalue weighted by Crippen LogP contribution is 2.21. The van der Waals surface area contributed by atoms with Gasteiger partial charge in [0.2, 0.25) is 0 Å². The summed E-state index contributed by atoms with van der Waals surface area (Å²) < 4.78 is 0.980. The highest BCUT2D eigenvalue weighted by Gasteiger charge is 2.18. The van der Waals surface area contributed by atoms with E-state index in [-0.39, 0.29) is 5.78 Å². The molecule has 1 saturated heterocycles. The third-order valence-electron chi connectivity index (χ3n) is 3.37. The van der Waals surface area contributed by atoms with Gasteiger partial charge in [0.25, 0.3) is 0 Å². The summed E-state index contributed by atoms with van der Waals surface area (Å²) in [6.45, 7) is 4.08. The van der Waals surface area contributed by atoms with Crippen molar-refractivity contribution in [2.75, 3.05) is 13.1 Å². The summed E-state index contributed by atoms with van der Waals surface area (Å²) in [5.74, 6) is 0.784. The van der Waals surface area contributed by atoms with Gasteiger partial charge in [0, 0.05) is 16.5 Å². The maximum atomic E-state index is 12.2. The van der Waals surface area contributed by atoms with Gasteiger partial charge in [-0.05, 0) is 56.5 Å². The smallest absolute Gasteiger partial charge is 0.163 e. The number of carbonyl (C=O) groups excluding carboxylic acids is 1. The molecule has 2 rings (SSSR count). The summed E-state index contributed by atoms with van der Waals surface area (Å²) >= 11 is 3.43. The predicted octanol–water partition coefficient (Wildman–Crippen LogP) is 3.33. The summed E-state index contributed by atoms with van der Waals surface area (Å²) in [5.41, 5.74) is 1.94. The molecule has 0 bridgehead atoms. The molecule has 0 aromatic heterocycles. The molecule has 1 aromatic rings. The highest BCUT2D eigenvalue weighted by atomic mass is 79.9. The minimum atomic E-state index is 0.275. The van der Waals surface area contributed by atoms with E-state index < -0.39 is 0 Å². The highest BCUT2D eigenvalue weighted by molar-refractivity contribution is 9.10. The molecule has 1 aliphatic rings. The van der Waals surface area contributed by atoms with Crippen molar-refractivity contribution in [1.29, 1.82) is 0 Å². The topological polar surface area (TPSA) is 29.1 Å². The van der Waals surface area contributed by atoms with Crippen molar-refractivity contribution in [3.63, 3.8) is 0 Å². The monoisotopic (exact) mass is 295 g/mol. The van der Waals surface area contributed by atoms with E-state index in [9.17, 15) is 4.79 Å². The number of hydrogen-bond acceptors (Lipinski definition) is 2. The van der Waals surface area contributed by atoms with Gasteiger partial charge < -0.3 is 5.32 Å². The van der Waals surface area contributed by atoms with E-state index in [4.69, 9.17) is 0 Å². The Kier molecular flexibility index (Phi) is 4.35. The number of halogens is 1. The Morgan fingerprint density at radius 1 is 1.53 bits per heavy atom. The Morgan fingerprint density at radius 3 is 3.06 bits per heavy atom. The van der Waals surface area contributed by atoms with Gasteiger partial charge in [0.15, 0.2) is 5.78 Å². The van der Waals surface area contributed by atoms with Gasteiger partial charge >= 0.3 is 0 Å². The van der Waals surface area contributed by atoms with Gasteiger partial charge in [0.1, 0.15) is 0 Å². The second-order valence-electron chi connectivity index (χ2n) is 4.80. The summed E-state index contributed by atoms with van der Waals surface area (Å²) in [4.78, 5) is 12.2. The lowest BCUT2D eigenvalue weighted by Gasteiger charge is -2.22. The van der Waals surface area contributed by atoms with Gasteiger partial charge in [-0.1, -0.05) is 22.0 Å². The number of rotatable bonds is 3. The number of Topliss-reactive ketones (excluding diaryl/α,β-unsaturated/α-hetero) is 1. The quantitative estimate of drug-likeness (QED) is 0.867. The van der Waals surface area contributed by atoms with Gasteiger partial charge in [-0.25, -0.2) is 0 Å². The molecular formula is C14H18BrNO. The largest absolute Gasteiger partial charge is 0.316 e. The van der Waals surface area contributed by atoms with Crippen molar-refractivity contribution in [2.24, 2.45) is 5.92 Å². The molecule has 1 N–H and O–H groups in total. The van der Waals surface area contributed by atoms with Crippen molar-refractivity contribution in [3.05, 3.63) is 33.8 Å². The fraction of sp³-hybridized carbons (Fsp3) is 0.500. The minimum absolute atomic E-state index is 0.275. The second-order valence-corrected chi connectivity index (χ2v) is 5.71. The first-order valence-corrected chi connectivity index (χ1v) is 6.96. The fourth-order valence-corrected chi connectivity index (χ4v) is 2.73. The zero-order valence-electron chi connectivity index (χ0n) is 10.1. The van der Waals surface area contributed by atoms with Crippen LogP contribution in [0.25, 0.3) is 0 Å². The number of benzene rings is 1. The number of aryl methyl sites for hydroxylation is 1. The molecule has 0 spiro atoms. The van der Waals surface area contributed by atoms with Crippen LogP contribution in [0.1, 0.15) is 35.2 Å². The Hall–Kier alpha value is -0.670. The molecule has 0 amide bonds. The first-order chi connectivity index (χ1) is 8.16. The maximum absolute atomic E-state index is 12.2. The standard InChI is InChI=1S/C14H18BrNO/c1-10-4-5-12(15)8-13(10)14(17)7-11-3-2-6-16-9-11/h4-5,8,11,16H,2-3,6-7,9H2,1H3. The van der Waals surface area contributed by atoms with E-state index >= 15 is 0 Å². The van der Waals surface area contributed by atoms with Crippen LogP contribution in [-0.2, 0) is 0 Å². The SMILES string of the molecule is Cc1ccc(Br)cc1C(=O)CC1CCCNC1. The fourth-order valence-electron chi connectivity index (χ4n) is 2.36. The minimum Gasteiger partial charge on any atom is -0.316 e. The lowest BCUT2D eigenvalue weighted by atomic mass is 9.91. The Labute approximate surface area is 111 Å². The molecule has 0 radical (unpaired) electrons. The zero-order chi connectivity index (χ0) is 12.3. The van der Waals surface area contributed by atoms with Crippen molar-refractivity contribution in [2.45, 2.75) is 26.2 Å². The zero-order valence-corrected chi connectivity index (χ0v) is 11.7. The Bertz CT molecular complexity index is 411. The van der Waals surface area contributed by atoms with Crippen molar-refractivity contribution < 1.29 is 4.79 Å². The van der Waals surface area contributed by atoms with Crippen molar-refractivity contribution in [1.82, 2.24) is 5.32 Å². The first kappa shape index (κ1) is 12.8. The van der Waals surface area contributed by atoms with Crippen LogP contribution in [0.5, 0.6) is 0 Å². The van der Waals surface area contributed by atoms with Crippen LogP contribution in [0.15, 0.2) is 22.7 Å². The van der Waals surface area contributed by atoms with Crippen LogP contribution in [0, 0.1) is 12.8 Å². The normalized spacial score (nSPS) is 20.2. The van der Waals surface area contributed by atoms with E-state index in [2.05, 4.69) is 21.2 Å². The molecule has 92 valence electrons. The molecule has 3 heteroatoms. The molecule has 1 aliphatic heterocycles. The molecular weight excluding hydrogens is 278 g/mol. The van der Waals surface area contributed by atoms with Crippen LogP contribution in [-0.4, -0.2) is 18.9 Å². The molecule has 2 nitrogen and oxygen atoms in total. The second kappa shape index (κ2) is 5.78. The van der Waals surface area contributed by atoms with Crippen LogP contribution < -0.4 is 5.32 Å². The molecule has 1 atom stereocenters. The van der Waals surface area contributed by atoms with E-state index in [1.807, 2.05) is 25.1 Å². The van der Waals surface area contributed by atoms with Crippen LogP contribution >= 0.6 is 15.9 Å². The average molecular weight is 296 g/mol. The van der Waals surface area contributed by atoms with Gasteiger partial charge in [0.05, 0.1) is 0 Å². The van der Waals surface area contributed by atoms with Gasteiger partial charge in [-0.15, -0.1) is 0 Å². The third-order valence-corrected chi connectivity index (χ3v) is 3.87. The van der Waals surface area contributed by atoms with Crippen molar-refractivity contribution in [3.8, 4) is 0 Å². The Balaban J connectivity index is 2.05. The number of hydrogen-bond donors (Lipinski definition) is 1. The van der Waals surface area contributed by atoms with E-state index in [1.165, 1.54) is 12.8 Å². The number of nitrogens with one attached hydrogen (secondary N) is 1. The molecule has 1 unspecified atom stereocenters. The summed E-state index contributed by atoms with van der Waals surface area (Å²) in [6.07, 6.45) is 3.03. The van der Waals surface area contributed by atoms with E-state index in [0.29, 0.717) is 12.3 Å². The lowest BCUT2D eigenvalue weighted by molar-refractivity contribution is 0.0953. The molecule has 17 heavy (non-hydrogen) atoms. The molecule has 0 aliphatic carbocycles. The number of carbonyl (C=O) groups is 1. The van der Waals surface area contributed by atoms with Crippen LogP contribution in [0.2, 0.25) is 0 Å². The average Bonchev–Trinajstić information content (AvgIpc) is 2.33. The van der Waals surface area contributed by atoms with E-state index in [1.54, 1.807) is 0 Å².